The summed E-state index contributed by atoms with van der Waals surface area (Å²) in [4.78, 5) is 94.2. The van der Waals surface area contributed by atoms with E-state index in [1.807, 2.05) is 0 Å². The van der Waals surface area contributed by atoms with Crippen molar-refractivity contribution >= 4 is 47.4 Å². The van der Waals surface area contributed by atoms with Gasteiger partial charge in [-0.1, -0.05) is 13.8 Å². The summed E-state index contributed by atoms with van der Waals surface area (Å²) in [5.74, 6) is -6.58. The number of nitrogens with zero attached hydrogens (tertiary/aromatic N) is 3. The molecule has 0 aromatic carbocycles. The predicted molar refractivity (Wildman–Crippen MR) is 165 cm³/mol. The zero-order valence-corrected chi connectivity index (χ0v) is 26.6. The quantitative estimate of drug-likeness (QED) is 0.0406. The van der Waals surface area contributed by atoms with Crippen molar-refractivity contribution in [1.82, 2.24) is 25.8 Å². The molecule has 2 aliphatic heterocycles. The van der Waals surface area contributed by atoms with Crippen molar-refractivity contribution in [2.24, 2.45) is 28.1 Å². The van der Waals surface area contributed by atoms with Crippen molar-refractivity contribution in [3.63, 3.8) is 0 Å². The molecule has 47 heavy (non-hydrogen) atoms. The number of aliphatic carboxylic acids is 2. The third-order valence-electron chi connectivity index (χ3n) is 7.95. The lowest BCUT2D eigenvalue weighted by atomic mass is 10.0. The maximum absolute atomic E-state index is 13.2. The minimum atomic E-state index is -1.34. The first kappa shape index (κ1) is 38.7. The van der Waals surface area contributed by atoms with Gasteiger partial charge in [0.2, 0.25) is 29.5 Å². The molecule has 2 heterocycles. The fraction of sp³-hybridized carbons (Fsp3) is 0.714. The second-order valence-corrected chi connectivity index (χ2v) is 12.0. The number of hydrogen-bond donors (Lipinski definition) is 9. The topological polar surface area (TPSA) is 313 Å². The largest absolute Gasteiger partial charge is 0.481 e. The van der Waals surface area contributed by atoms with Crippen molar-refractivity contribution in [1.29, 1.82) is 0 Å². The number of carboxylic acids is 2. The molecular formula is C28H47N9O10. The van der Waals surface area contributed by atoms with Gasteiger partial charge in [-0.15, -0.1) is 0 Å². The van der Waals surface area contributed by atoms with Gasteiger partial charge < -0.3 is 58.3 Å². The lowest BCUT2D eigenvalue weighted by Crippen LogP contribution is -2.58. The Balaban J connectivity index is 2.03. The van der Waals surface area contributed by atoms with Gasteiger partial charge in [0.15, 0.2) is 5.96 Å². The Morgan fingerprint density at radius 1 is 0.936 bits per heavy atom. The summed E-state index contributed by atoms with van der Waals surface area (Å²) in [5, 5.41) is 35.9. The number of guanidine groups is 1. The maximum atomic E-state index is 13.2. The van der Waals surface area contributed by atoms with Crippen molar-refractivity contribution in [2.75, 3.05) is 26.2 Å². The molecule has 0 aliphatic carbocycles. The molecule has 19 heteroatoms. The molecule has 2 aliphatic rings. The number of aliphatic imine (C=N–C) groups is 1. The van der Waals surface area contributed by atoms with Crippen LogP contribution < -0.4 is 33.2 Å². The van der Waals surface area contributed by atoms with Gasteiger partial charge >= 0.3 is 11.9 Å². The molecule has 0 aromatic heterocycles. The Labute approximate surface area is 271 Å². The van der Waals surface area contributed by atoms with E-state index in [9.17, 15) is 43.8 Å². The van der Waals surface area contributed by atoms with Crippen LogP contribution in [0.25, 0.3) is 0 Å². The van der Waals surface area contributed by atoms with Gasteiger partial charge in [-0.2, -0.15) is 0 Å². The van der Waals surface area contributed by atoms with Gasteiger partial charge in [-0.05, 0) is 38.0 Å². The highest BCUT2D eigenvalue weighted by molar-refractivity contribution is 5.95. The Morgan fingerprint density at radius 3 is 2.21 bits per heavy atom. The van der Waals surface area contributed by atoms with Gasteiger partial charge in [0.25, 0.3) is 0 Å². The molecule has 0 spiro atoms. The highest BCUT2D eigenvalue weighted by atomic mass is 16.4. The van der Waals surface area contributed by atoms with E-state index in [-0.39, 0.29) is 51.3 Å². The van der Waals surface area contributed by atoms with Crippen molar-refractivity contribution in [3.05, 3.63) is 0 Å². The van der Waals surface area contributed by atoms with E-state index in [4.69, 9.17) is 22.3 Å². The summed E-state index contributed by atoms with van der Waals surface area (Å²) in [7, 11) is 0. The van der Waals surface area contributed by atoms with Crippen LogP contribution in [0.3, 0.4) is 0 Å². The van der Waals surface area contributed by atoms with Gasteiger partial charge in [-0.3, -0.25) is 33.8 Å². The SMILES string of the molecule is CC(C)[C@H](NC(=O)[C@H](CCC(=O)O)NC(=O)[C@@H](N)CCCN=C(N)N)C(=O)NCC(=O)N1CCC[C@H]1C(=O)N1C[C@H](O)C[C@H]1C(=O)O. The van der Waals surface area contributed by atoms with Gasteiger partial charge in [-0.25, -0.2) is 4.79 Å². The first-order valence-electron chi connectivity index (χ1n) is 15.4. The molecule has 2 fully saturated rings. The number of aliphatic hydroxyl groups excluding tert-OH is 1. The number of rotatable bonds is 17. The average molecular weight is 670 g/mol. The second-order valence-electron chi connectivity index (χ2n) is 12.0. The number of nitrogens with two attached hydrogens (primary N) is 3. The normalized spacial score (nSPS) is 21.0. The minimum absolute atomic E-state index is 0.117. The zero-order valence-electron chi connectivity index (χ0n) is 26.6. The minimum Gasteiger partial charge on any atom is -0.481 e. The number of amides is 5. The summed E-state index contributed by atoms with van der Waals surface area (Å²) in [6, 6.07) is -5.74. The van der Waals surface area contributed by atoms with Crippen molar-refractivity contribution in [2.45, 2.75) is 95.1 Å². The third-order valence-corrected chi connectivity index (χ3v) is 7.95. The molecule has 0 aromatic rings. The van der Waals surface area contributed by atoms with Gasteiger partial charge in [0.05, 0.1) is 18.7 Å². The molecule has 0 unspecified atom stereocenters. The van der Waals surface area contributed by atoms with Crippen LogP contribution in [0.1, 0.15) is 58.8 Å². The number of carbonyl (C=O) groups is 7. The van der Waals surface area contributed by atoms with Crippen LogP contribution >= 0.6 is 0 Å². The Hall–Kier alpha value is -4.52. The van der Waals surface area contributed by atoms with Gasteiger partial charge in [0, 0.05) is 32.5 Å². The molecular weight excluding hydrogens is 622 g/mol. The molecule has 0 radical (unpaired) electrons. The van der Waals surface area contributed by atoms with Crippen LogP contribution in [0.15, 0.2) is 4.99 Å². The number of aliphatic hydroxyl groups is 1. The van der Waals surface area contributed by atoms with Gasteiger partial charge in [0.1, 0.15) is 24.2 Å². The van der Waals surface area contributed by atoms with E-state index in [1.54, 1.807) is 13.8 Å². The standard InChI is InChI=1S/C28H47N9O10/c1-14(2)22(35-24(43)17(7-8-21(40)41)34-23(42)16(29)5-3-9-32-28(30)31)25(44)33-12-20(39)36-10-4-6-18(36)26(45)37-13-15(38)11-19(37)27(46)47/h14-19,22,38H,3-13,29H2,1-2H3,(H,33,44)(H,34,42)(H,35,43)(H,40,41)(H,46,47)(H4,30,31,32)/t15-,16+,17+,18+,19+,22+/m1/s1. The highest BCUT2D eigenvalue weighted by Gasteiger charge is 2.44. The molecule has 0 bridgehead atoms. The summed E-state index contributed by atoms with van der Waals surface area (Å²) in [6.45, 7) is 2.98. The Kier molecular flexibility index (Phi) is 14.8. The number of hydrogen-bond acceptors (Lipinski definition) is 10. The van der Waals surface area contributed by atoms with Crippen LogP contribution in [-0.2, 0) is 33.6 Å². The van der Waals surface area contributed by atoms with Crippen LogP contribution in [0.5, 0.6) is 0 Å². The van der Waals surface area contributed by atoms with Crippen LogP contribution in [0.4, 0.5) is 0 Å². The van der Waals surface area contributed by atoms with Crippen molar-refractivity contribution < 1.29 is 48.9 Å². The van der Waals surface area contributed by atoms with E-state index in [1.165, 1.54) is 4.90 Å². The summed E-state index contributed by atoms with van der Waals surface area (Å²) < 4.78 is 0. The van der Waals surface area contributed by atoms with E-state index in [2.05, 4.69) is 20.9 Å². The number of nitrogens with one attached hydrogen (secondary N) is 3. The molecule has 0 saturated carbocycles. The molecule has 5 amide bonds. The molecule has 12 N–H and O–H groups in total. The molecule has 6 atom stereocenters. The number of β-amino-alcohol motifs (C(OH)–C–C–N with tert-alkyl or cyclic N) is 1. The summed E-state index contributed by atoms with van der Waals surface area (Å²) >= 11 is 0. The van der Waals surface area contributed by atoms with E-state index < -0.39 is 96.7 Å². The van der Waals surface area contributed by atoms with Crippen LogP contribution in [0.2, 0.25) is 0 Å². The first-order chi connectivity index (χ1) is 22.0. The summed E-state index contributed by atoms with van der Waals surface area (Å²) in [6.07, 6.45) is -0.583. The van der Waals surface area contributed by atoms with Crippen molar-refractivity contribution in [3.8, 4) is 0 Å². The smallest absolute Gasteiger partial charge is 0.326 e. The van der Waals surface area contributed by atoms with Crippen LogP contribution in [-0.4, -0.2) is 135 Å². The molecule has 19 nitrogen and oxygen atoms in total. The maximum Gasteiger partial charge on any atom is 0.326 e. The Bertz CT molecular complexity index is 1210. The Morgan fingerprint density at radius 2 is 1.62 bits per heavy atom. The van der Waals surface area contributed by atoms with Crippen LogP contribution in [0, 0.1) is 5.92 Å². The lowest BCUT2D eigenvalue weighted by Gasteiger charge is -2.30. The monoisotopic (exact) mass is 669 g/mol. The van der Waals surface area contributed by atoms with E-state index >= 15 is 0 Å². The van der Waals surface area contributed by atoms with E-state index in [0.29, 0.717) is 12.8 Å². The number of carboxylic acid groups (broad SMARTS) is 2. The summed E-state index contributed by atoms with van der Waals surface area (Å²) in [5.41, 5.74) is 16.4. The number of likely N-dealkylation sites (tertiary alicyclic amines) is 2. The predicted octanol–water partition coefficient (Wildman–Crippen LogP) is -3.99. The number of carbonyl (C=O) groups excluding carboxylic acids is 5. The third kappa shape index (κ3) is 11.7. The molecule has 264 valence electrons. The lowest BCUT2D eigenvalue weighted by molar-refractivity contribution is -0.151. The molecule has 2 rings (SSSR count). The molecule has 2 saturated heterocycles. The first-order valence-corrected chi connectivity index (χ1v) is 15.4. The fourth-order valence-electron chi connectivity index (χ4n) is 5.43. The second kappa shape index (κ2) is 18.0. The highest BCUT2D eigenvalue weighted by Crippen LogP contribution is 2.25. The zero-order chi connectivity index (χ0) is 35.4. The fourth-order valence-corrected chi connectivity index (χ4v) is 5.43. The average Bonchev–Trinajstić information content (AvgIpc) is 3.65. The van der Waals surface area contributed by atoms with E-state index in [0.717, 1.165) is 4.90 Å².